The highest BCUT2D eigenvalue weighted by atomic mass is 19.1. The van der Waals surface area contributed by atoms with E-state index in [0.29, 0.717) is 5.82 Å². The summed E-state index contributed by atoms with van der Waals surface area (Å²) in [7, 11) is 0. The van der Waals surface area contributed by atoms with Crippen molar-refractivity contribution in [1.82, 2.24) is 9.55 Å². The first kappa shape index (κ1) is 13.7. The minimum absolute atomic E-state index is 0.0149. The van der Waals surface area contributed by atoms with Crippen molar-refractivity contribution in [3.63, 3.8) is 0 Å². The van der Waals surface area contributed by atoms with Crippen molar-refractivity contribution in [2.24, 2.45) is 5.73 Å². The van der Waals surface area contributed by atoms with Crippen molar-refractivity contribution in [1.29, 1.82) is 0 Å². The maximum absolute atomic E-state index is 13.6. The fourth-order valence-electron chi connectivity index (χ4n) is 2.12. The Kier molecular flexibility index (Phi) is 4.27. The molecule has 0 amide bonds. The van der Waals surface area contributed by atoms with Gasteiger partial charge in [-0.2, -0.15) is 0 Å². The van der Waals surface area contributed by atoms with Crippen LogP contribution in [0.4, 0.5) is 8.78 Å². The minimum atomic E-state index is -0.566. The van der Waals surface area contributed by atoms with Crippen LogP contribution in [0.1, 0.15) is 30.8 Å². The Labute approximate surface area is 111 Å². The summed E-state index contributed by atoms with van der Waals surface area (Å²) in [6.07, 6.45) is 4.53. The molecule has 1 unspecified atom stereocenters. The van der Waals surface area contributed by atoms with E-state index in [9.17, 15) is 8.78 Å². The number of nitrogens with zero attached hydrogens (tertiary/aromatic N) is 2. The summed E-state index contributed by atoms with van der Waals surface area (Å²) in [4.78, 5) is 4.18. The van der Waals surface area contributed by atoms with Crippen molar-refractivity contribution >= 4 is 0 Å². The molecule has 0 spiro atoms. The molecule has 2 aromatic rings. The van der Waals surface area contributed by atoms with Crippen LogP contribution in [-0.2, 0) is 13.0 Å². The summed E-state index contributed by atoms with van der Waals surface area (Å²) >= 11 is 0. The highest BCUT2D eigenvalue weighted by molar-refractivity contribution is 5.21. The van der Waals surface area contributed by atoms with E-state index in [2.05, 4.69) is 4.98 Å². The molecule has 1 aromatic carbocycles. The zero-order chi connectivity index (χ0) is 13.8. The molecule has 1 heterocycles. The predicted molar refractivity (Wildman–Crippen MR) is 69.5 cm³/mol. The van der Waals surface area contributed by atoms with E-state index in [0.717, 1.165) is 13.0 Å². The lowest BCUT2D eigenvalue weighted by atomic mass is 10.0. The molecule has 2 N–H and O–H groups in total. The first-order chi connectivity index (χ1) is 9.13. The van der Waals surface area contributed by atoms with Crippen LogP contribution >= 0.6 is 0 Å². The largest absolute Gasteiger partial charge is 0.334 e. The second-order valence-corrected chi connectivity index (χ2v) is 4.49. The monoisotopic (exact) mass is 265 g/mol. The maximum Gasteiger partial charge on any atom is 0.129 e. The van der Waals surface area contributed by atoms with E-state index >= 15 is 0 Å². The average Bonchev–Trinajstić information content (AvgIpc) is 2.83. The van der Waals surface area contributed by atoms with Gasteiger partial charge in [0.15, 0.2) is 0 Å². The smallest absolute Gasteiger partial charge is 0.129 e. The van der Waals surface area contributed by atoms with Crippen LogP contribution in [0.3, 0.4) is 0 Å². The zero-order valence-corrected chi connectivity index (χ0v) is 10.8. The molecule has 19 heavy (non-hydrogen) atoms. The van der Waals surface area contributed by atoms with Crippen LogP contribution in [0.5, 0.6) is 0 Å². The van der Waals surface area contributed by atoms with Gasteiger partial charge in [-0.05, 0) is 18.6 Å². The molecule has 0 saturated heterocycles. The third kappa shape index (κ3) is 2.98. The third-order valence-electron chi connectivity index (χ3n) is 3.03. The van der Waals surface area contributed by atoms with Gasteiger partial charge in [0.1, 0.15) is 17.5 Å². The second-order valence-electron chi connectivity index (χ2n) is 4.49. The quantitative estimate of drug-likeness (QED) is 0.903. The lowest BCUT2D eigenvalue weighted by Gasteiger charge is -2.14. The van der Waals surface area contributed by atoms with Crippen molar-refractivity contribution in [2.45, 2.75) is 32.4 Å². The molecular formula is C14H17F2N3. The Morgan fingerprint density at radius 3 is 2.63 bits per heavy atom. The number of aryl methyl sites for hydroxylation is 1. The second kappa shape index (κ2) is 5.93. The Hall–Kier alpha value is -1.75. The number of aromatic nitrogens is 2. The van der Waals surface area contributed by atoms with E-state index in [1.165, 1.54) is 18.2 Å². The van der Waals surface area contributed by atoms with Gasteiger partial charge in [0.05, 0.1) is 6.04 Å². The lowest BCUT2D eigenvalue weighted by molar-refractivity contribution is 0.520. The van der Waals surface area contributed by atoms with Crippen LogP contribution in [0.2, 0.25) is 0 Å². The summed E-state index contributed by atoms with van der Waals surface area (Å²) in [6.45, 7) is 2.84. The SMILES string of the molecule is CCCn1ccnc1C(N)Cc1c(F)cccc1F. The van der Waals surface area contributed by atoms with Gasteiger partial charge in [-0.25, -0.2) is 13.8 Å². The van der Waals surface area contributed by atoms with E-state index in [1.54, 1.807) is 6.20 Å². The molecule has 5 heteroatoms. The normalized spacial score (nSPS) is 12.6. The highest BCUT2D eigenvalue weighted by Gasteiger charge is 2.17. The maximum atomic E-state index is 13.6. The molecule has 1 aromatic heterocycles. The van der Waals surface area contributed by atoms with Crippen LogP contribution in [-0.4, -0.2) is 9.55 Å². The van der Waals surface area contributed by atoms with E-state index in [-0.39, 0.29) is 12.0 Å². The van der Waals surface area contributed by atoms with Gasteiger partial charge in [0, 0.05) is 30.9 Å². The Morgan fingerprint density at radius 1 is 1.32 bits per heavy atom. The fourth-order valence-corrected chi connectivity index (χ4v) is 2.12. The predicted octanol–water partition coefficient (Wildman–Crippen LogP) is 2.81. The molecule has 0 bridgehead atoms. The van der Waals surface area contributed by atoms with Gasteiger partial charge in [-0.15, -0.1) is 0 Å². The number of halogens is 2. The van der Waals surface area contributed by atoms with Gasteiger partial charge < -0.3 is 10.3 Å². The number of imidazole rings is 1. The van der Waals surface area contributed by atoms with Crippen LogP contribution < -0.4 is 5.73 Å². The van der Waals surface area contributed by atoms with E-state index in [4.69, 9.17) is 5.73 Å². The Balaban J connectivity index is 2.21. The Bertz CT molecular complexity index is 531. The number of rotatable bonds is 5. The molecule has 0 saturated carbocycles. The van der Waals surface area contributed by atoms with Crippen LogP contribution in [0.15, 0.2) is 30.6 Å². The lowest BCUT2D eigenvalue weighted by Crippen LogP contribution is -2.20. The molecule has 3 nitrogen and oxygen atoms in total. The molecule has 1 atom stereocenters. The molecule has 2 rings (SSSR count). The van der Waals surface area contributed by atoms with Crippen molar-refractivity contribution < 1.29 is 8.78 Å². The molecule has 0 radical (unpaired) electrons. The first-order valence-corrected chi connectivity index (χ1v) is 6.33. The van der Waals surface area contributed by atoms with Crippen molar-refractivity contribution in [3.8, 4) is 0 Å². The van der Waals surface area contributed by atoms with Crippen LogP contribution in [0, 0.1) is 11.6 Å². The van der Waals surface area contributed by atoms with Gasteiger partial charge in [0.2, 0.25) is 0 Å². The summed E-state index contributed by atoms with van der Waals surface area (Å²) in [6, 6.07) is 3.30. The number of hydrogen-bond acceptors (Lipinski definition) is 2. The van der Waals surface area contributed by atoms with Gasteiger partial charge in [-0.3, -0.25) is 0 Å². The van der Waals surface area contributed by atoms with Gasteiger partial charge in [0.25, 0.3) is 0 Å². The van der Waals surface area contributed by atoms with Crippen molar-refractivity contribution in [2.75, 3.05) is 0 Å². The fraction of sp³-hybridized carbons (Fsp3) is 0.357. The minimum Gasteiger partial charge on any atom is -0.334 e. The topological polar surface area (TPSA) is 43.8 Å². The number of benzene rings is 1. The van der Waals surface area contributed by atoms with E-state index < -0.39 is 17.7 Å². The molecular weight excluding hydrogens is 248 g/mol. The molecule has 0 aliphatic carbocycles. The van der Waals surface area contributed by atoms with E-state index in [1.807, 2.05) is 17.7 Å². The Morgan fingerprint density at radius 2 is 2.00 bits per heavy atom. The summed E-state index contributed by atoms with van der Waals surface area (Å²) < 4.78 is 29.1. The summed E-state index contributed by atoms with van der Waals surface area (Å²) in [5, 5.41) is 0. The molecule has 0 aliphatic rings. The van der Waals surface area contributed by atoms with Crippen LogP contribution in [0.25, 0.3) is 0 Å². The number of hydrogen-bond donors (Lipinski definition) is 1. The average molecular weight is 265 g/mol. The number of nitrogens with two attached hydrogens (primary N) is 1. The first-order valence-electron chi connectivity index (χ1n) is 6.33. The van der Waals surface area contributed by atoms with Gasteiger partial charge >= 0.3 is 0 Å². The summed E-state index contributed by atoms with van der Waals surface area (Å²) in [5.41, 5.74) is 6.04. The molecule has 0 aliphatic heterocycles. The summed E-state index contributed by atoms with van der Waals surface area (Å²) in [5.74, 6) is -0.474. The highest BCUT2D eigenvalue weighted by Crippen LogP contribution is 2.20. The molecule has 102 valence electrons. The van der Waals surface area contributed by atoms with Gasteiger partial charge in [-0.1, -0.05) is 13.0 Å². The standard InChI is InChI=1S/C14H17F2N3/c1-2-7-19-8-6-18-14(19)13(17)9-10-11(15)4-3-5-12(10)16/h3-6,8,13H,2,7,9,17H2,1H3. The zero-order valence-electron chi connectivity index (χ0n) is 10.8. The molecule has 0 fully saturated rings. The van der Waals surface area contributed by atoms with Crippen molar-refractivity contribution in [3.05, 3.63) is 53.6 Å². The third-order valence-corrected chi connectivity index (χ3v) is 3.03.